The van der Waals surface area contributed by atoms with Crippen molar-refractivity contribution in [3.63, 3.8) is 0 Å². The highest BCUT2D eigenvalue weighted by molar-refractivity contribution is 5.78. The Bertz CT molecular complexity index is 277. The summed E-state index contributed by atoms with van der Waals surface area (Å²) in [5.41, 5.74) is 0. The van der Waals surface area contributed by atoms with Crippen LogP contribution in [0.4, 0.5) is 0 Å². The highest BCUT2D eigenvalue weighted by atomic mass is 16.4. The SMILES string of the molecule is CCC(CNC(=O)C(C)C1CNC1)CC(=O)O. The van der Waals surface area contributed by atoms with E-state index in [-0.39, 0.29) is 24.2 Å². The molecule has 5 heteroatoms. The minimum atomic E-state index is -0.803. The molecule has 0 aromatic rings. The molecule has 0 aromatic heterocycles. The summed E-state index contributed by atoms with van der Waals surface area (Å²) in [5, 5.41) is 14.7. The second-order valence-electron chi connectivity index (χ2n) is 4.82. The number of hydrogen-bond acceptors (Lipinski definition) is 3. The van der Waals surface area contributed by atoms with Gasteiger partial charge in [-0.05, 0) is 24.9 Å². The van der Waals surface area contributed by atoms with Crippen molar-refractivity contribution in [2.75, 3.05) is 19.6 Å². The molecule has 0 bridgehead atoms. The van der Waals surface area contributed by atoms with Gasteiger partial charge in [0, 0.05) is 18.9 Å². The molecule has 0 spiro atoms. The van der Waals surface area contributed by atoms with Crippen molar-refractivity contribution in [3.05, 3.63) is 0 Å². The molecule has 98 valence electrons. The number of nitrogens with one attached hydrogen (secondary N) is 2. The lowest BCUT2D eigenvalue weighted by Gasteiger charge is -2.32. The summed E-state index contributed by atoms with van der Waals surface area (Å²) in [7, 11) is 0. The smallest absolute Gasteiger partial charge is 0.303 e. The van der Waals surface area contributed by atoms with Crippen LogP contribution in [-0.2, 0) is 9.59 Å². The summed E-state index contributed by atoms with van der Waals surface area (Å²) < 4.78 is 0. The first kappa shape index (κ1) is 14.0. The first-order valence-corrected chi connectivity index (χ1v) is 6.24. The Morgan fingerprint density at radius 2 is 2.12 bits per heavy atom. The molecule has 3 N–H and O–H groups in total. The molecule has 0 aliphatic carbocycles. The van der Waals surface area contributed by atoms with E-state index in [1.165, 1.54) is 0 Å². The zero-order valence-electron chi connectivity index (χ0n) is 10.5. The van der Waals surface area contributed by atoms with E-state index in [4.69, 9.17) is 5.11 Å². The first-order chi connectivity index (χ1) is 8.04. The molecule has 2 atom stereocenters. The molecule has 1 amide bonds. The highest BCUT2D eigenvalue weighted by Gasteiger charge is 2.28. The third kappa shape index (κ3) is 4.34. The Balaban J connectivity index is 2.27. The summed E-state index contributed by atoms with van der Waals surface area (Å²) in [5.74, 6) is -0.293. The third-order valence-electron chi connectivity index (χ3n) is 3.54. The van der Waals surface area contributed by atoms with Gasteiger partial charge in [0.25, 0.3) is 0 Å². The number of rotatable bonds is 7. The van der Waals surface area contributed by atoms with E-state index in [1.54, 1.807) is 0 Å². The van der Waals surface area contributed by atoms with E-state index in [1.807, 2.05) is 13.8 Å². The summed E-state index contributed by atoms with van der Waals surface area (Å²) in [6.07, 6.45) is 0.891. The van der Waals surface area contributed by atoms with Crippen LogP contribution in [0, 0.1) is 17.8 Å². The number of aliphatic carboxylic acids is 1. The molecule has 1 aliphatic rings. The predicted molar refractivity (Wildman–Crippen MR) is 64.6 cm³/mol. The lowest BCUT2D eigenvalue weighted by Crippen LogP contribution is -2.50. The van der Waals surface area contributed by atoms with Crippen molar-refractivity contribution in [2.24, 2.45) is 17.8 Å². The number of carboxylic acids is 1. The van der Waals surface area contributed by atoms with Crippen molar-refractivity contribution in [3.8, 4) is 0 Å². The number of hydrogen-bond donors (Lipinski definition) is 3. The average Bonchev–Trinajstić information content (AvgIpc) is 2.20. The van der Waals surface area contributed by atoms with Crippen molar-refractivity contribution < 1.29 is 14.7 Å². The molecule has 0 radical (unpaired) electrons. The van der Waals surface area contributed by atoms with Gasteiger partial charge in [0.2, 0.25) is 5.91 Å². The van der Waals surface area contributed by atoms with Gasteiger partial charge in [0.15, 0.2) is 0 Å². The van der Waals surface area contributed by atoms with E-state index in [2.05, 4.69) is 10.6 Å². The van der Waals surface area contributed by atoms with Crippen LogP contribution < -0.4 is 10.6 Å². The van der Waals surface area contributed by atoms with E-state index in [9.17, 15) is 9.59 Å². The Hall–Kier alpha value is -1.10. The standard InChI is InChI=1S/C12H22N2O3/c1-3-9(4-11(15)16)5-14-12(17)8(2)10-6-13-7-10/h8-10,13H,3-7H2,1-2H3,(H,14,17)(H,15,16). The van der Waals surface area contributed by atoms with E-state index in [0.717, 1.165) is 19.5 Å². The largest absolute Gasteiger partial charge is 0.481 e. The van der Waals surface area contributed by atoms with Crippen LogP contribution in [0.15, 0.2) is 0 Å². The number of amides is 1. The maximum Gasteiger partial charge on any atom is 0.303 e. The van der Waals surface area contributed by atoms with Gasteiger partial charge in [-0.25, -0.2) is 0 Å². The molecule has 2 unspecified atom stereocenters. The van der Waals surface area contributed by atoms with Crippen LogP contribution in [-0.4, -0.2) is 36.6 Å². The first-order valence-electron chi connectivity index (χ1n) is 6.24. The van der Waals surface area contributed by atoms with E-state index >= 15 is 0 Å². The van der Waals surface area contributed by atoms with Crippen LogP contribution in [0.1, 0.15) is 26.7 Å². The molecule has 1 saturated heterocycles. The van der Waals surface area contributed by atoms with E-state index < -0.39 is 5.97 Å². The summed E-state index contributed by atoms with van der Waals surface area (Å²) in [4.78, 5) is 22.4. The molecule has 17 heavy (non-hydrogen) atoms. The fourth-order valence-corrected chi connectivity index (χ4v) is 1.89. The molecular formula is C12H22N2O3. The van der Waals surface area contributed by atoms with Gasteiger partial charge in [-0.3, -0.25) is 9.59 Å². The highest BCUT2D eigenvalue weighted by Crippen LogP contribution is 2.16. The molecule has 1 aliphatic heterocycles. The van der Waals surface area contributed by atoms with Gasteiger partial charge >= 0.3 is 5.97 Å². The topological polar surface area (TPSA) is 78.4 Å². The zero-order valence-corrected chi connectivity index (χ0v) is 10.5. The quantitative estimate of drug-likeness (QED) is 0.606. The van der Waals surface area contributed by atoms with Crippen LogP contribution in [0.2, 0.25) is 0 Å². The van der Waals surface area contributed by atoms with E-state index in [0.29, 0.717) is 12.5 Å². The van der Waals surface area contributed by atoms with Gasteiger partial charge in [0.1, 0.15) is 0 Å². The number of carbonyl (C=O) groups is 2. The Morgan fingerprint density at radius 3 is 2.53 bits per heavy atom. The predicted octanol–water partition coefficient (Wildman–Crippen LogP) is 0.459. The van der Waals surface area contributed by atoms with Gasteiger partial charge < -0.3 is 15.7 Å². The van der Waals surface area contributed by atoms with Crippen LogP contribution in [0.5, 0.6) is 0 Å². The minimum absolute atomic E-state index is 0.0126. The van der Waals surface area contributed by atoms with Gasteiger partial charge in [-0.1, -0.05) is 20.3 Å². The van der Waals surface area contributed by atoms with Crippen molar-refractivity contribution >= 4 is 11.9 Å². The second kappa shape index (κ2) is 6.59. The molecule has 0 saturated carbocycles. The molecule has 5 nitrogen and oxygen atoms in total. The minimum Gasteiger partial charge on any atom is -0.481 e. The van der Waals surface area contributed by atoms with Gasteiger partial charge in [-0.15, -0.1) is 0 Å². The Labute approximate surface area is 102 Å². The lowest BCUT2D eigenvalue weighted by molar-refractivity contribution is -0.138. The van der Waals surface area contributed by atoms with Crippen LogP contribution in [0.3, 0.4) is 0 Å². The fourth-order valence-electron chi connectivity index (χ4n) is 1.89. The third-order valence-corrected chi connectivity index (χ3v) is 3.54. The van der Waals surface area contributed by atoms with Crippen molar-refractivity contribution in [1.29, 1.82) is 0 Å². The molecule has 1 heterocycles. The zero-order chi connectivity index (χ0) is 12.8. The summed E-state index contributed by atoms with van der Waals surface area (Å²) in [6, 6.07) is 0. The van der Waals surface area contributed by atoms with Crippen LogP contribution in [0.25, 0.3) is 0 Å². The van der Waals surface area contributed by atoms with Gasteiger partial charge in [-0.2, -0.15) is 0 Å². The van der Waals surface area contributed by atoms with Gasteiger partial charge in [0.05, 0.1) is 0 Å². The van der Waals surface area contributed by atoms with Crippen molar-refractivity contribution in [1.82, 2.24) is 10.6 Å². The Morgan fingerprint density at radius 1 is 1.47 bits per heavy atom. The van der Waals surface area contributed by atoms with Crippen molar-refractivity contribution in [2.45, 2.75) is 26.7 Å². The average molecular weight is 242 g/mol. The maximum absolute atomic E-state index is 11.8. The normalized spacial score (nSPS) is 19.2. The maximum atomic E-state index is 11.8. The summed E-state index contributed by atoms with van der Waals surface area (Å²) in [6.45, 7) is 6.14. The molecular weight excluding hydrogens is 220 g/mol. The molecule has 1 fully saturated rings. The number of carboxylic acid groups (broad SMARTS) is 1. The molecule has 0 aromatic carbocycles. The second-order valence-corrected chi connectivity index (χ2v) is 4.82. The lowest BCUT2D eigenvalue weighted by atomic mass is 9.88. The Kier molecular flexibility index (Phi) is 5.41. The van der Waals surface area contributed by atoms with Crippen LogP contribution >= 0.6 is 0 Å². The fraction of sp³-hybridized carbons (Fsp3) is 0.833. The number of carbonyl (C=O) groups excluding carboxylic acids is 1. The molecule has 1 rings (SSSR count). The summed E-state index contributed by atoms with van der Waals surface area (Å²) >= 11 is 0. The monoisotopic (exact) mass is 242 g/mol.